The fourth-order valence-corrected chi connectivity index (χ4v) is 11.0. The first-order valence-corrected chi connectivity index (χ1v) is 23.8. The van der Waals surface area contributed by atoms with Gasteiger partial charge in [-0.25, -0.2) is 23.6 Å². The number of hydrogen-bond donors (Lipinski definition) is 1. The minimum absolute atomic E-state index is 0.0321. The number of allylic oxidation sites excluding steroid dienone is 1. The Morgan fingerprint density at radius 3 is 2.39 bits per heavy atom. The standard InChI is InChI=1S/C40H50Cl2F2N6O5SSi/c1-22(2)31-32(56-36-46-39(6,24-10-12-30(42)45-17-24)33(50(31)36)23-9-11-27(41)28(44)15-23)35(52)47-18-25(43)16-29(47)34(51)48-21-40(13-14-40)49(37(53)54)19-26(48)20-55-57(7,8)38(3,4)5/h9-12,15,17,22,25-26,29,33H,13-14,16,18-21H2,1-8H3,(H,53,54)/t25-,26-,29+,33-,39+/m1/s1. The molecule has 1 aromatic heterocycles. The van der Waals surface area contributed by atoms with Crippen LogP contribution < -0.4 is 0 Å². The maximum Gasteiger partial charge on any atom is 0.407 e. The van der Waals surface area contributed by atoms with Crippen LogP contribution in [-0.2, 0) is 19.6 Å². The number of amidine groups is 1. The molecule has 5 heterocycles. The first-order chi connectivity index (χ1) is 26.6. The SMILES string of the molecule is CC(C)C1=C(C(=O)N2C[C@H](F)C[C@H]2C(=O)N2CC3(CC3)N(C(=O)O)C[C@@H]2CO[Si](C)(C)C(C)(C)C)SC2=N[C@@](C)(c3ccc(Cl)nc3)[C@@H](c3ccc(Cl)c(F)c3)N21. The van der Waals surface area contributed by atoms with Crippen molar-refractivity contribution in [1.82, 2.24) is 24.6 Å². The monoisotopic (exact) mass is 862 g/mol. The molecule has 2 aromatic rings. The normalized spacial score (nSPS) is 27.1. The molecule has 0 radical (unpaired) electrons. The Morgan fingerprint density at radius 2 is 1.81 bits per heavy atom. The van der Waals surface area contributed by atoms with Crippen molar-refractivity contribution >= 4 is 66.4 Å². The molecule has 1 aromatic carbocycles. The molecule has 5 aliphatic rings. The molecule has 0 unspecified atom stereocenters. The van der Waals surface area contributed by atoms with Crippen molar-refractivity contribution in [2.24, 2.45) is 10.9 Å². The van der Waals surface area contributed by atoms with E-state index in [4.69, 9.17) is 32.6 Å². The molecule has 4 aliphatic heterocycles. The number of carbonyl (C=O) groups is 3. The lowest BCUT2D eigenvalue weighted by atomic mass is 9.81. The Kier molecular flexibility index (Phi) is 10.9. The summed E-state index contributed by atoms with van der Waals surface area (Å²) in [5, 5.41) is 10.8. The van der Waals surface area contributed by atoms with E-state index in [0.29, 0.717) is 39.3 Å². The quantitative estimate of drug-likeness (QED) is 0.208. The molecule has 1 aliphatic carbocycles. The predicted octanol–water partition coefficient (Wildman–Crippen LogP) is 8.45. The Morgan fingerprint density at radius 1 is 1.11 bits per heavy atom. The summed E-state index contributed by atoms with van der Waals surface area (Å²) >= 11 is 13.5. The second-order valence-electron chi connectivity index (χ2n) is 17.9. The molecule has 1 saturated carbocycles. The number of likely N-dealkylation sites (tertiary alicyclic amines) is 1. The number of aromatic nitrogens is 1. The predicted molar refractivity (Wildman–Crippen MR) is 220 cm³/mol. The molecule has 5 atom stereocenters. The molecule has 1 spiro atoms. The van der Waals surface area contributed by atoms with Gasteiger partial charge in [-0.3, -0.25) is 14.5 Å². The van der Waals surface area contributed by atoms with E-state index in [9.17, 15) is 19.5 Å². The lowest BCUT2D eigenvalue weighted by Crippen LogP contribution is -2.66. The van der Waals surface area contributed by atoms with Crippen LogP contribution in [0.15, 0.2) is 52.1 Å². The molecular weight excluding hydrogens is 814 g/mol. The third kappa shape index (κ3) is 7.37. The number of halogens is 4. The molecule has 7 rings (SSSR count). The lowest BCUT2D eigenvalue weighted by molar-refractivity contribution is -0.148. The summed E-state index contributed by atoms with van der Waals surface area (Å²) in [6.07, 6.45) is 0.188. The number of hydrogen-bond acceptors (Lipinski definition) is 8. The van der Waals surface area contributed by atoms with Crippen molar-refractivity contribution in [3.8, 4) is 0 Å². The van der Waals surface area contributed by atoms with Crippen LogP contribution in [0.3, 0.4) is 0 Å². The van der Waals surface area contributed by atoms with Crippen LogP contribution in [0.5, 0.6) is 0 Å². The van der Waals surface area contributed by atoms with Gasteiger partial charge in [0.2, 0.25) is 5.91 Å². The van der Waals surface area contributed by atoms with Crippen LogP contribution >= 0.6 is 35.0 Å². The Hall–Kier alpha value is -3.24. The molecule has 2 saturated heterocycles. The zero-order valence-corrected chi connectivity index (χ0v) is 36.8. The van der Waals surface area contributed by atoms with E-state index in [-0.39, 0.29) is 48.6 Å². The number of carboxylic acid groups (broad SMARTS) is 1. The number of piperazine rings is 1. The van der Waals surface area contributed by atoms with Crippen molar-refractivity contribution in [3.63, 3.8) is 0 Å². The smallest absolute Gasteiger partial charge is 0.407 e. The fourth-order valence-electron chi connectivity index (χ4n) is 8.36. The number of pyridine rings is 1. The van der Waals surface area contributed by atoms with Gasteiger partial charge in [0.15, 0.2) is 13.5 Å². The van der Waals surface area contributed by atoms with Crippen LogP contribution in [0.25, 0.3) is 0 Å². The van der Waals surface area contributed by atoms with Crippen LogP contribution in [-0.4, -0.2) is 111 Å². The van der Waals surface area contributed by atoms with Gasteiger partial charge in [-0.05, 0) is 79.3 Å². The van der Waals surface area contributed by atoms with E-state index in [1.54, 1.807) is 23.2 Å². The Bertz CT molecular complexity index is 2050. The van der Waals surface area contributed by atoms with E-state index < -0.39 is 67.4 Å². The van der Waals surface area contributed by atoms with E-state index in [1.165, 1.54) is 21.9 Å². The lowest BCUT2D eigenvalue weighted by Gasteiger charge is -2.48. The van der Waals surface area contributed by atoms with E-state index in [1.807, 2.05) is 31.7 Å². The molecule has 57 heavy (non-hydrogen) atoms. The summed E-state index contributed by atoms with van der Waals surface area (Å²) < 4.78 is 37.4. The summed E-state index contributed by atoms with van der Waals surface area (Å²) in [5.41, 5.74) is 0.204. The zero-order valence-electron chi connectivity index (χ0n) is 33.5. The van der Waals surface area contributed by atoms with Crippen molar-refractivity contribution in [2.45, 2.75) is 114 Å². The topological polar surface area (TPSA) is 119 Å². The highest BCUT2D eigenvalue weighted by atomic mass is 35.5. The maximum atomic E-state index is 15.6. The fraction of sp³-hybridized carbons (Fsp3) is 0.575. The van der Waals surface area contributed by atoms with Crippen molar-refractivity contribution < 1.29 is 32.7 Å². The molecule has 308 valence electrons. The molecule has 3 amide bonds. The van der Waals surface area contributed by atoms with Gasteiger partial charge in [0.05, 0.1) is 35.8 Å². The second-order valence-corrected chi connectivity index (χ2v) is 24.5. The number of amides is 3. The first kappa shape index (κ1) is 41.9. The van der Waals surface area contributed by atoms with Gasteiger partial charge in [0.25, 0.3) is 5.91 Å². The molecule has 11 nitrogen and oxygen atoms in total. The Labute approximate surface area is 347 Å². The summed E-state index contributed by atoms with van der Waals surface area (Å²) in [7, 11) is -2.30. The van der Waals surface area contributed by atoms with Gasteiger partial charge in [-0.2, -0.15) is 0 Å². The number of benzene rings is 1. The van der Waals surface area contributed by atoms with Gasteiger partial charge < -0.3 is 24.2 Å². The van der Waals surface area contributed by atoms with Crippen molar-refractivity contribution in [2.75, 3.05) is 26.2 Å². The zero-order chi connectivity index (χ0) is 41.6. The highest BCUT2D eigenvalue weighted by Gasteiger charge is 2.59. The highest BCUT2D eigenvalue weighted by Crippen LogP contribution is 2.57. The van der Waals surface area contributed by atoms with Crippen molar-refractivity contribution in [1.29, 1.82) is 0 Å². The molecule has 3 fully saturated rings. The van der Waals surface area contributed by atoms with Gasteiger partial charge >= 0.3 is 6.09 Å². The van der Waals surface area contributed by atoms with E-state index >= 15 is 8.78 Å². The van der Waals surface area contributed by atoms with Crippen LogP contribution in [0, 0.1) is 11.7 Å². The van der Waals surface area contributed by atoms with Crippen LogP contribution in [0.1, 0.15) is 78.0 Å². The number of aliphatic imine (C=N–C) groups is 1. The Balaban J connectivity index is 1.23. The van der Waals surface area contributed by atoms with Gasteiger partial charge in [0, 0.05) is 37.0 Å². The van der Waals surface area contributed by atoms with E-state index in [2.05, 4.69) is 38.8 Å². The molecule has 0 bridgehead atoms. The number of fused-ring (bicyclic) bond motifs is 1. The minimum Gasteiger partial charge on any atom is -0.465 e. The molecule has 17 heteroatoms. The average Bonchev–Trinajstić information content (AvgIpc) is 3.47. The molecule has 1 N–H and O–H groups in total. The van der Waals surface area contributed by atoms with Gasteiger partial charge in [-0.1, -0.05) is 70.0 Å². The van der Waals surface area contributed by atoms with Crippen LogP contribution in [0.2, 0.25) is 28.3 Å². The minimum atomic E-state index is -2.30. The average molecular weight is 864 g/mol. The largest absolute Gasteiger partial charge is 0.465 e. The number of thioether (sulfide) groups is 1. The summed E-state index contributed by atoms with van der Waals surface area (Å²) in [6, 6.07) is 5.74. The summed E-state index contributed by atoms with van der Waals surface area (Å²) in [5.74, 6) is -1.75. The van der Waals surface area contributed by atoms with Gasteiger partial charge in [-0.15, -0.1) is 0 Å². The number of nitrogens with zero attached hydrogens (tertiary/aromatic N) is 6. The number of rotatable bonds is 8. The van der Waals surface area contributed by atoms with E-state index in [0.717, 1.165) is 17.3 Å². The highest BCUT2D eigenvalue weighted by molar-refractivity contribution is 8.18. The third-order valence-electron chi connectivity index (χ3n) is 12.8. The second kappa shape index (κ2) is 14.8. The number of alkyl halides is 1. The summed E-state index contributed by atoms with van der Waals surface area (Å²) in [6.45, 7) is 16.4. The van der Waals surface area contributed by atoms with Gasteiger partial charge in [0.1, 0.15) is 33.6 Å². The molecular formula is C40H50Cl2F2N6O5SSi. The maximum absolute atomic E-state index is 15.6. The first-order valence-electron chi connectivity index (χ1n) is 19.4. The van der Waals surface area contributed by atoms with Crippen LogP contribution in [0.4, 0.5) is 13.6 Å². The number of carbonyl (C=O) groups excluding carboxylic acids is 2. The summed E-state index contributed by atoms with van der Waals surface area (Å²) in [4.78, 5) is 58.4. The van der Waals surface area contributed by atoms with Crippen molar-refractivity contribution in [3.05, 3.63) is 74.3 Å². The third-order valence-corrected chi connectivity index (χ3v) is 18.9.